The Bertz CT molecular complexity index is 1130. The maximum absolute atomic E-state index is 13.9. The molecule has 0 atom stereocenters. The van der Waals surface area contributed by atoms with Crippen LogP contribution in [0.15, 0.2) is 60.9 Å². The van der Waals surface area contributed by atoms with Crippen molar-refractivity contribution in [2.75, 3.05) is 5.32 Å². The number of aryl methyl sites for hydroxylation is 1. The van der Waals surface area contributed by atoms with Crippen molar-refractivity contribution >= 4 is 17.6 Å². The zero-order valence-corrected chi connectivity index (χ0v) is 14.9. The fraction of sp³-hybridized carbons (Fsp3) is 0.0455. The van der Waals surface area contributed by atoms with Gasteiger partial charge in [0.2, 0.25) is 0 Å². The van der Waals surface area contributed by atoms with E-state index in [9.17, 15) is 14.0 Å². The summed E-state index contributed by atoms with van der Waals surface area (Å²) in [5.41, 5.74) is 2.32. The van der Waals surface area contributed by atoms with E-state index < -0.39 is 17.7 Å². The second-order valence-corrected chi connectivity index (χ2v) is 6.04. The predicted molar refractivity (Wildman–Crippen MR) is 103 cm³/mol. The molecule has 2 aromatic carbocycles. The number of hydrogen-bond acceptors (Lipinski definition) is 3. The van der Waals surface area contributed by atoms with Crippen LogP contribution < -0.4 is 5.32 Å². The summed E-state index contributed by atoms with van der Waals surface area (Å²) in [5, 5.41) is 11.6. The molecule has 0 unspecified atom stereocenters. The Morgan fingerprint density at radius 1 is 1.04 bits per heavy atom. The fourth-order valence-corrected chi connectivity index (χ4v) is 2.46. The van der Waals surface area contributed by atoms with Crippen LogP contribution in [0, 0.1) is 24.6 Å². The van der Waals surface area contributed by atoms with E-state index in [1.807, 2.05) is 0 Å². The van der Waals surface area contributed by atoms with Crippen molar-refractivity contribution in [1.82, 2.24) is 4.98 Å². The van der Waals surface area contributed by atoms with E-state index >= 15 is 0 Å². The van der Waals surface area contributed by atoms with Crippen LogP contribution >= 0.6 is 0 Å². The van der Waals surface area contributed by atoms with E-state index in [0.29, 0.717) is 16.8 Å². The number of amides is 1. The molecule has 5 nitrogen and oxygen atoms in total. The lowest BCUT2D eigenvalue weighted by molar-refractivity contribution is 0.0696. The number of halogens is 1. The van der Waals surface area contributed by atoms with Crippen molar-refractivity contribution in [2.45, 2.75) is 6.92 Å². The Hall–Kier alpha value is -3.98. The second kappa shape index (κ2) is 8.14. The summed E-state index contributed by atoms with van der Waals surface area (Å²) in [5.74, 6) is 3.51. The first kappa shape index (κ1) is 18.8. The number of nitrogens with one attached hydrogen (secondary N) is 1. The van der Waals surface area contributed by atoms with E-state index in [2.05, 4.69) is 22.1 Å². The first-order chi connectivity index (χ1) is 13.4. The number of aromatic carboxylic acids is 1. The fourth-order valence-electron chi connectivity index (χ4n) is 2.46. The summed E-state index contributed by atoms with van der Waals surface area (Å²) in [6.45, 7) is 1.78. The molecule has 0 spiro atoms. The van der Waals surface area contributed by atoms with E-state index in [1.165, 1.54) is 30.6 Å². The number of benzene rings is 2. The lowest BCUT2D eigenvalue weighted by Gasteiger charge is -2.07. The molecule has 6 heteroatoms. The van der Waals surface area contributed by atoms with Crippen LogP contribution in [0.25, 0.3) is 0 Å². The third-order valence-corrected chi connectivity index (χ3v) is 3.82. The van der Waals surface area contributed by atoms with Crippen molar-refractivity contribution < 1.29 is 19.1 Å². The number of aromatic nitrogens is 1. The molecule has 3 aromatic rings. The smallest absolute Gasteiger partial charge is 0.337 e. The number of hydrogen-bond donors (Lipinski definition) is 2. The number of carboxylic acids is 1. The van der Waals surface area contributed by atoms with Crippen molar-refractivity contribution in [3.8, 4) is 11.8 Å². The minimum absolute atomic E-state index is 0.0342. The van der Waals surface area contributed by atoms with E-state index in [1.54, 1.807) is 37.3 Å². The number of pyridine rings is 1. The SMILES string of the molecule is Cc1ccc(F)c(C(=O)Nc2cccc(C#Cc3cncc(C(=O)O)c3)c2)c1. The lowest BCUT2D eigenvalue weighted by atomic mass is 10.1. The van der Waals surface area contributed by atoms with Crippen LogP contribution in [-0.2, 0) is 0 Å². The first-order valence-corrected chi connectivity index (χ1v) is 8.30. The van der Waals surface area contributed by atoms with Crippen LogP contribution in [0.2, 0.25) is 0 Å². The van der Waals surface area contributed by atoms with Crippen LogP contribution in [0.4, 0.5) is 10.1 Å². The highest BCUT2D eigenvalue weighted by atomic mass is 19.1. The zero-order valence-electron chi connectivity index (χ0n) is 14.9. The molecule has 0 aliphatic carbocycles. The minimum Gasteiger partial charge on any atom is -0.478 e. The summed E-state index contributed by atoms with van der Waals surface area (Å²) in [7, 11) is 0. The Morgan fingerprint density at radius 2 is 1.82 bits per heavy atom. The van der Waals surface area contributed by atoms with Crippen molar-refractivity contribution in [3.05, 3.63) is 94.6 Å². The molecule has 138 valence electrons. The third-order valence-electron chi connectivity index (χ3n) is 3.82. The molecule has 3 rings (SSSR count). The molecule has 0 saturated heterocycles. The molecule has 0 fully saturated rings. The second-order valence-electron chi connectivity index (χ2n) is 6.04. The first-order valence-electron chi connectivity index (χ1n) is 8.30. The predicted octanol–water partition coefficient (Wildman–Crippen LogP) is 3.88. The number of rotatable bonds is 3. The molecule has 0 radical (unpaired) electrons. The van der Waals surface area contributed by atoms with Gasteiger partial charge in [0.25, 0.3) is 5.91 Å². The third kappa shape index (κ3) is 4.59. The van der Waals surface area contributed by atoms with Crippen molar-refractivity contribution in [1.29, 1.82) is 0 Å². The monoisotopic (exact) mass is 374 g/mol. The number of carbonyl (C=O) groups excluding carboxylic acids is 1. The van der Waals surface area contributed by atoms with Gasteiger partial charge in [-0.15, -0.1) is 0 Å². The molecule has 28 heavy (non-hydrogen) atoms. The van der Waals surface area contributed by atoms with Gasteiger partial charge in [-0.05, 0) is 43.3 Å². The number of carboxylic acid groups (broad SMARTS) is 1. The van der Waals surface area contributed by atoms with Gasteiger partial charge in [-0.25, -0.2) is 9.18 Å². The number of carbonyl (C=O) groups is 2. The van der Waals surface area contributed by atoms with Gasteiger partial charge in [-0.1, -0.05) is 29.5 Å². The molecule has 0 bridgehead atoms. The molecule has 1 amide bonds. The van der Waals surface area contributed by atoms with Gasteiger partial charge in [-0.2, -0.15) is 0 Å². The van der Waals surface area contributed by atoms with Gasteiger partial charge in [0.1, 0.15) is 5.82 Å². The normalized spacial score (nSPS) is 9.93. The standard InChI is InChI=1S/C22H15FN2O3/c1-14-5-8-20(23)19(9-14)21(26)25-18-4-2-3-15(11-18)6-7-16-10-17(22(27)28)13-24-12-16/h2-5,8-13H,1H3,(H,25,26)(H,27,28). The maximum Gasteiger partial charge on any atom is 0.337 e. The molecular weight excluding hydrogens is 359 g/mol. The van der Waals surface area contributed by atoms with E-state index in [-0.39, 0.29) is 11.1 Å². The average molecular weight is 374 g/mol. The largest absolute Gasteiger partial charge is 0.478 e. The number of anilines is 1. The lowest BCUT2D eigenvalue weighted by Crippen LogP contribution is -2.14. The molecule has 2 N–H and O–H groups in total. The summed E-state index contributed by atoms with van der Waals surface area (Å²) >= 11 is 0. The molecule has 0 saturated carbocycles. The van der Waals surface area contributed by atoms with Gasteiger partial charge >= 0.3 is 5.97 Å². The Morgan fingerprint density at radius 3 is 2.61 bits per heavy atom. The summed E-state index contributed by atoms with van der Waals surface area (Å²) in [6, 6.07) is 12.5. The summed E-state index contributed by atoms with van der Waals surface area (Å²) < 4.78 is 13.9. The maximum atomic E-state index is 13.9. The average Bonchev–Trinajstić information content (AvgIpc) is 2.68. The minimum atomic E-state index is -1.08. The van der Waals surface area contributed by atoms with Crippen molar-refractivity contribution in [2.24, 2.45) is 0 Å². The molecule has 1 heterocycles. The molecule has 0 aliphatic rings. The highest BCUT2D eigenvalue weighted by Gasteiger charge is 2.12. The van der Waals surface area contributed by atoms with E-state index in [4.69, 9.17) is 5.11 Å². The van der Waals surface area contributed by atoms with Crippen LogP contribution in [0.1, 0.15) is 37.4 Å². The van der Waals surface area contributed by atoms with Gasteiger partial charge in [0, 0.05) is 29.2 Å². The molecule has 1 aromatic heterocycles. The van der Waals surface area contributed by atoms with Crippen LogP contribution in [-0.4, -0.2) is 22.0 Å². The topological polar surface area (TPSA) is 79.3 Å². The van der Waals surface area contributed by atoms with Gasteiger partial charge in [0.15, 0.2) is 0 Å². The van der Waals surface area contributed by atoms with Crippen molar-refractivity contribution in [3.63, 3.8) is 0 Å². The Labute approximate surface area is 160 Å². The van der Waals surface area contributed by atoms with Gasteiger partial charge in [0.05, 0.1) is 11.1 Å². The van der Waals surface area contributed by atoms with Crippen LogP contribution in [0.5, 0.6) is 0 Å². The molecular formula is C22H15FN2O3. The highest BCUT2D eigenvalue weighted by molar-refractivity contribution is 6.04. The Kier molecular flexibility index (Phi) is 5.47. The summed E-state index contributed by atoms with van der Waals surface area (Å²) in [6.07, 6.45) is 2.71. The zero-order chi connectivity index (χ0) is 20.1. The van der Waals surface area contributed by atoms with Gasteiger partial charge in [-0.3, -0.25) is 9.78 Å². The molecule has 0 aliphatic heterocycles. The number of nitrogens with zero attached hydrogens (tertiary/aromatic N) is 1. The van der Waals surface area contributed by atoms with E-state index in [0.717, 1.165) is 5.56 Å². The summed E-state index contributed by atoms with van der Waals surface area (Å²) in [4.78, 5) is 27.2. The highest BCUT2D eigenvalue weighted by Crippen LogP contribution is 2.15. The van der Waals surface area contributed by atoms with Gasteiger partial charge < -0.3 is 10.4 Å². The quantitative estimate of drug-likeness (QED) is 0.682. The Balaban J connectivity index is 1.80. The van der Waals surface area contributed by atoms with Crippen LogP contribution in [0.3, 0.4) is 0 Å².